The highest BCUT2D eigenvalue weighted by atomic mass is 16.6. The van der Waals surface area contributed by atoms with Crippen molar-refractivity contribution < 1.29 is 19.3 Å². The van der Waals surface area contributed by atoms with Crippen LogP contribution in [0.25, 0.3) is 10.9 Å². The highest BCUT2D eigenvalue weighted by Crippen LogP contribution is 2.28. The number of hydrogen-bond donors (Lipinski definition) is 2. The molecule has 1 fully saturated rings. The van der Waals surface area contributed by atoms with Gasteiger partial charge in [-0.05, 0) is 45.7 Å². The van der Waals surface area contributed by atoms with Gasteiger partial charge in [-0.25, -0.2) is 9.78 Å². The number of aromatic amines is 1. The van der Waals surface area contributed by atoms with E-state index in [1.54, 1.807) is 6.07 Å². The number of nitrogens with two attached hydrogens (primary N) is 1. The molecule has 1 saturated heterocycles. The third kappa shape index (κ3) is 3.71. The zero-order valence-electron chi connectivity index (χ0n) is 15.3. The number of rotatable bonds is 2. The maximum atomic E-state index is 12.8. The standard InChI is InChI=1S/C19H24N4O3/c1-19(2,3)26-18(25)23-11-5-7-15(23)17(24)22-14-9-8-13-12(16(14)20)6-4-10-21-13/h4,6,8-10,15H,5,7,11,20H2,1-3H3,(H,22,24)/p+1/t15-/m0/s1. The van der Waals surface area contributed by atoms with E-state index in [-0.39, 0.29) is 5.91 Å². The fourth-order valence-corrected chi connectivity index (χ4v) is 3.13. The van der Waals surface area contributed by atoms with E-state index in [0.717, 1.165) is 17.3 Å². The summed E-state index contributed by atoms with van der Waals surface area (Å²) >= 11 is 0. The summed E-state index contributed by atoms with van der Waals surface area (Å²) in [4.78, 5) is 29.7. The van der Waals surface area contributed by atoms with Crippen LogP contribution in [-0.2, 0) is 9.53 Å². The smallest absolute Gasteiger partial charge is 0.410 e. The van der Waals surface area contributed by atoms with Gasteiger partial charge in [0, 0.05) is 18.7 Å². The average Bonchev–Trinajstić information content (AvgIpc) is 3.06. The monoisotopic (exact) mass is 357 g/mol. The molecule has 0 unspecified atom stereocenters. The lowest BCUT2D eigenvalue weighted by Gasteiger charge is -2.28. The first-order valence-electron chi connectivity index (χ1n) is 8.75. The molecule has 4 N–H and O–H groups in total. The van der Waals surface area contributed by atoms with Crippen molar-refractivity contribution in [3.05, 3.63) is 30.5 Å². The summed E-state index contributed by atoms with van der Waals surface area (Å²) in [6.45, 7) is 5.93. The van der Waals surface area contributed by atoms with Gasteiger partial charge >= 0.3 is 6.09 Å². The number of nitrogens with one attached hydrogen (secondary N) is 2. The van der Waals surface area contributed by atoms with Crippen LogP contribution in [0, 0.1) is 0 Å². The van der Waals surface area contributed by atoms with Gasteiger partial charge in [-0.1, -0.05) is 0 Å². The number of hydrogen-bond acceptors (Lipinski definition) is 4. The molecule has 0 radical (unpaired) electrons. The zero-order valence-corrected chi connectivity index (χ0v) is 15.3. The topological polar surface area (TPSA) is 98.8 Å². The molecule has 0 spiro atoms. The summed E-state index contributed by atoms with van der Waals surface area (Å²) in [5, 5.41) is 3.70. The molecule has 138 valence electrons. The van der Waals surface area contributed by atoms with Crippen molar-refractivity contribution >= 4 is 34.3 Å². The predicted octanol–water partition coefficient (Wildman–Crippen LogP) is 2.57. The van der Waals surface area contributed by atoms with Gasteiger partial charge in [0.2, 0.25) is 11.4 Å². The van der Waals surface area contributed by atoms with Crippen LogP contribution in [0.1, 0.15) is 33.6 Å². The van der Waals surface area contributed by atoms with Gasteiger partial charge in [0.1, 0.15) is 11.6 Å². The first-order chi connectivity index (χ1) is 12.3. The van der Waals surface area contributed by atoms with Crippen LogP contribution >= 0.6 is 0 Å². The summed E-state index contributed by atoms with van der Waals surface area (Å²) in [7, 11) is 0. The van der Waals surface area contributed by atoms with Crippen molar-refractivity contribution in [2.45, 2.75) is 45.3 Å². The number of nitrogen functional groups attached to an aromatic ring is 1. The lowest BCUT2D eigenvalue weighted by atomic mass is 10.1. The Morgan fingerprint density at radius 1 is 1.31 bits per heavy atom. The zero-order chi connectivity index (χ0) is 18.9. The molecule has 2 aromatic rings. The average molecular weight is 357 g/mol. The Bertz CT molecular complexity index is 844. The van der Waals surface area contributed by atoms with Crippen molar-refractivity contribution in [1.82, 2.24) is 4.90 Å². The highest BCUT2D eigenvalue weighted by molar-refractivity contribution is 6.04. The molecule has 7 heteroatoms. The number of H-pyrrole nitrogens is 1. The molecule has 0 saturated carbocycles. The second-order valence-electron chi connectivity index (χ2n) is 7.48. The number of likely N-dealkylation sites (tertiary alicyclic amines) is 1. The fraction of sp³-hybridized carbons (Fsp3) is 0.421. The van der Waals surface area contributed by atoms with E-state index in [9.17, 15) is 9.59 Å². The van der Waals surface area contributed by atoms with Crippen LogP contribution in [0.4, 0.5) is 16.2 Å². The minimum Gasteiger partial charge on any atom is -0.444 e. The van der Waals surface area contributed by atoms with Crippen molar-refractivity contribution in [1.29, 1.82) is 0 Å². The third-order valence-electron chi connectivity index (χ3n) is 4.33. The second kappa shape index (κ2) is 6.82. The van der Waals surface area contributed by atoms with E-state index in [4.69, 9.17) is 10.5 Å². The first kappa shape index (κ1) is 18.0. The Kier molecular flexibility index (Phi) is 4.71. The number of benzene rings is 1. The van der Waals surface area contributed by atoms with Crippen molar-refractivity contribution in [2.75, 3.05) is 17.6 Å². The molecule has 1 aliphatic rings. The molecule has 2 heterocycles. The molecule has 0 aliphatic carbocycles. The normalized spacial score (nSPS) is 17.3. The van der Waals surface area contributed by atoms with Crippen LogP contribution < -0.4 is 16.0 Å². The number of carbonyl (C=O) groups is 2. The van der Waals surface area contributed by atoms with Crippen LogP contribution in [0.3, 0.4) is 0 Å². The van der Waals surface area contributed by atoms with Crippen LogP contribution in [0.15, 0.2) is 30.5 Å². The lowest BCUT2D eigenvalue weighted by molar-refractivity contribution is -0.344. The maximum Gasteiger partial charge on any atom is 0.410 e. The molecule has 2 amide bonds. The number of fused-ring (bicyclic) bond motifs is 1. The maximum absolute atomic E-state index is 12.8. The van der Waals surface area contributed by atoms with E-state index < -0.39 is 17.7 Å². The number of aromatic nitrogens is 1. The summed E-state index contributed by atoms with van der Waals surface area (Å²) in [6, 6.07) is 6.81. The SMILES string of the molecule is CC(C)(C)OC(=O)N1CCC[C@H]1C(=O)Nc1ccc2[nH+]cccc2c1N. The van der Waals surface area contributed by atoms with E-state index in [2.05, 4.69) is 10.3 Å². The Balaban J connectivity index is 1.77. The minimum absolute atomic E-state index is 0.251. The van der Waals surface area contributed by atoms with Gasteiger partial charge < -0.3 is 15.8 Å². The number of nitrogens with zero attached hydrogens (tertiary/aromatic N) is 1. The first-order valence-corrected chi connectivity index (χ1v) is 8.75. The number of ether oxygens (including phenoxy) is 1. The van der Waals surface area contributed by atoms with Gasteiger partial charge in [-0.3, -0.25) is 9.69 Å². The van der Waals surface area contributed by atoms with Crippen molar-refractivity contribution in [3.8, 4) is 0 Å². The molecule has 3 rings (SSSR count). The number of pyridine rings is 1. The van der Waals surface area contributed by atoms with Gasteiger partial charge in [0.25, 0.3) is 0 Å². The van der Waals surface area contributed by atoms with Crippen LogP contribution in [0.5, 0.6) is 0 Å². The van der Waals surface area contributed by atoms with Gasteiger partial charge in [0.15, 0.2) is 6.20 Å². The van der Waals surface area contributed by atoms with E-state index >= 15 is 0 Å². The highest BCUT2D eigenvalue weighted by Gasteiger charge is 2.36. The third-order valence-corrected chi connectivity index (χ3v) is 4.33. The van der Waals surface area contributed by atoms with Crippen molar-refractivity contribution in [2.24, 2.45) is 0 Å². The molecule has 7 nitrogen and oxygen atoms in total. The predicted molar refractivity (Wildman–Crippen MR) is 99.5 cm³/mol. The van der Waals surface area contributed by atoms with Crippen LogP contribution in [0.2, 0.25) is 0 Å². The largest absolute Gasteiger partial charge is 0.444 e. The Morgan fingerprint density at radius 3 is 2.81 bits per heavy atom. The van der Waals surface area contributed by atoms with Crippen molar-refractivity contribution in [3.63, 3.8) is 0 Å². The Hall–Kier alpha value is -2.83. The number of carbonyl (C=O) groups excluding carboxylic acids is 2. The summed E-state index contributed by atoms with van der Waals surface area (Å²) < 4.78 is 5.41. The van der Waals surface area contributed by atoms with E-state index in [1.165, 1.54) is 4.90 Å². The Labute approximate surface area is 152 Å². The molecule has 0 bridgehead atoms. The molecule has 1 aromatic heterocycles. The molecule has 1 atom stereocenters. The van der Waals surface area contributed by atoms with E-state index in [0.29, 0.717) is 24.3 Å². The Morgan fingerprint density at radius 2 is 2.08 bits per heavy atom. The summed E-state index contributed by atoms with van der Waals surface area (Å²) in [5.41, 5.74) is 7.53. The second-order valence-corrected chi connectivity index (χ2v) is 7.48. The fourth-order valence-electron chi connectivity index (χ4n) is 3.13. The van der Waals surface area contributed by atoms with E-state index in [1.807, 2.05) is 45.2 Å². The molecule has 26 heavy (non-hydrogen) atoms. The summed E-state index contributed by atoms with van der Waals surface area (Å²) in [5.74, 6) is -0.251. The van der Waals surface area contributed by atoms with Crippen LogP contribution in [-0.4, -0.2) is 35.1 Å². The lowest BCUT2D eigenvalue weighted by Crippen LogP contribution is -2.45. The molecule has 1 aromatic carbocycles. The summed E-state index contributed by atoms with van der Waals surface area (Å²) in [6.07, 6.45) is 2.72. The molecule has 1 aliphatic heterocycles. The minimum atomic E-state index is -0.597. The quantitative estimate of drug-likeness (QED) is 0.807. The van der Waals surface area contributed by atoms with Gasteiger partial charge in [-0.15, -0.1) is 0 Å². The van der Waals surface area contributed by atoms with Gasteiger partial charge in [0.05, 0.1) is 16.8 Å². The number of amides is 2. The molecular formula is C19H25N4O3+. The number of anilines is 2. The van der Waals surface area contributed by atoms with Gasteiger partial charge in [-0.2, -0.15) is 0 Å². The molecular weight excluding hydrogens is 332 g/mol.